The van der Waals surface area contributed by atoms with Gasteiger partial charge >= 0.3 is 12.1 Å². The average Bonchev–Trinajstić information content (AvgIpc) is 2.61. The standard InChI is InChI=1S/C18H18BrNO4/c1-23-17(21)11-16(14-7-9-15(19)10-8-14)20-18(22)24-12-13-5-3-2-4-6-13/h2-10,16H,11-12H2,1H3,(H,20,22)/t16-/m0/s1. The van der Waals surface area contributed by atoms with Crippen molar-refractivity contribution in [2.75, 3.05) is 7.11 Å². The molecule has 1 amide bonds. The summed E-state index contributed by atoms with van der Waals surface area (Å²) in [6.07, 6.45) is -0.561. The van der Waals surface area contributed by atoms with Crippen LogP contribution in [0.2, 0.25) is 0 Å². The number of methoxy groups -OCH3 is 1. The molecular formula is C18H18BrNO4. The molecule has 0 aliphatic carbocycles. The summed E-state index contributed by atoms with van der Waals surface area (Å²) >= 11 is 3.36. The Hall–Kier alpha value is -2.34. The van der Waals surface area contributed by atoms with E-state index in [1.54, 1.807) is 0 Å². The zero-order chi connectivity index (χ0) is 17.4. The van der Waals surface area contributed by atoms with E-state index in [0.29, 0.717) is 0 Å². The predicted octanol–water partition coefficient (Wildman–Crippen LogP) is 3.98. The molecule has 6 heteroatoms. The minimum Gasteiger partial charge on any atom is -0.469 e. The van der Waals surface area contributed by atoms with Crippen LogP contribution in [0.3, 0.4) is 0 Å². The number of halogens is 1. The topological polar surface area (TPSA) is 64.6 Å². The van der Waals surface area contributed by atoms with Gasteiger partial charge in [-0.3, -0.25) is 4.79 Å². The average molecular weight is 392 g/mol. The molecule has 126 valence electrons. The number of esters is 1. The number of benzene rings is 2. The molecular weight excluding hydrogens is 374 g/mol. The van der Waals surface area contributed by atoms with Crippen molar-refractivity contribution in [2.45, 2.75) is 19.1 Å². The molecule has 0 saturated heterocycles. The lowest BCUT2D eigenvalue weighted by atomic mass is 10.0. The second-order valence-electron chi connectivity index (χ2n) is 5.09. The van der Waals surface area contributed by atoms with Gasteiger partial charge in [0, 0.05) is 4.47 Å². The van der Waals surface area contributed by atoms with Gasteiger partial charge in [0.25, 0.3) is 0 Å². The van der Waals surface area contributed by atoms with Gasteiger partial charge in [-0.25, -0.2) is 4.79 Å². The highest BCUT2D eigenvalue weighted by molar-refractivity contribution is 9.10. The molecule has 5 nitrogen and oxygen atoms in total. The van der Waals surface area contributed by atoms with Crippen molar-refractivity contribution in [2.24, 2.45) is 0 Å². The van der Waals surface area contributed by atoms with Crippen LogP contribution in [-0.4, -0.2) is 19.2 Å². The lowest BCUT2D eigenvalue weighted by molar-refractivity contribution is -0.141. The summed E-state index contributed by atoms with van der Waals surface area (Å²) in [5.74, 6) is -0.411. The summed E-state index contributed by atoms with van der Waals surface area (Å²) < 4.78 is 10.8. The highest BCUT2D eigenvalue weighted by Crippen LogP contribution is 2.20. The minimum atomic E-state index is -0.587. The summed E-state index contributed by atoms with van der Waals surface area (Å²) in [5.41, 5.74) is 1.68. The number of carbonyl (C=O) groups excluding carboxylic acids is 2. The van der Waals surface area contributed by atoms with Crippen molar-refractivity contribution >= 4 is 28.0 Å². The molecule has 0 fully saturated rings. The van der Waals surface area contributed by atoms with E-state index in [0.717, 1.165) is 15.6 Å². The summed E-state index contributed by atoms with van der Waals surface area (Å²) in [6.45, 7) is 0.165. The molecule has 1 N–H and O–H groups in total. The van der Waals surface area contributed by atoms with Crippen molar-refractivity contribution in [1.29, 1.82) is 0 Å². The Morgan fingerprint density at radius 3 is 2.38 bits per heavy atom. The molecule has 0 aliphatic heterocycles. The summed E-state index contributed by atoms with van der Waals surface area (Å²) in [4.78, 5) is 23.6. The first-order valence-corrected chi connectivity index (χ1v) is 8.17. The van der Waals surface area contributed by atoms with Crippen LogP contribution in [0.15, 0.2) is 59.1 Å². The van der Waals surface area contributed by atoms with E-state index >= 15 is 0 Å². The Labute approximate surface area is 149 Å². The Balaban J connectivity index is 2.00. The van der Waals surface area contributed by atoms with Gasteiger partial charge in [0.05, 0.1) is 19.6 Å². The van der Waals surface area contributed by atoms with Crippen LogP contribution >= 0.6 is 15.9 Å². The quantitative estimate of drug-likeness (QED) is 0.756. The lowest BCUT2D eigenvalue weighted by Gasteiger charge is -2.18. The van der Waals surface area contributed by atoms with E-state index in [2.05, 4.69) is 21.2 Å². The first kappa shape index (κ1) is 18.0. The van der Waals surface area contributed by atoms with Gasteiger partial charge in [0.2, 0.25) is 0 Å². The zero-order valence-corrected chi connectivity index (χ0v) is 14.8. The molecule has 24 heavy (non-hydrogen) atoms. The molecule has 0 saturated carbocycles. The molecule has 1 atom stereocenters. The van der Waals surface area contributed by atoms with Crippen molar-refractivity contribution < 1.29 is 19.1 Å². The number of carbonyl (C=O) groups is 2. The second-order valence-corrected chi connectivity index (χ2v) is 6.01. The normalized spacial score (nSPS) is 11.4. The largest absolute Gasteiger partial charge is 0.469 e. The highest BCUT2D eigenvalue weighted by Gasteiger charge is 2.19. The Kier molecular flexibility index (Phi) is 6.81. The Morgan fingerprint density at radius 2 is 1.75 bits per heavy atom. The second kappa shape index (κ2) is 9.08. The maximum absolute atomic E-state index is 12.0. The fourth-order valence-electron chi connectivity index (χ4n) is 2.10. The number of hydrogen-bond acceptors (Lipinski definition) is 4. The molecule has 0 spiro atoms. The fraction of sp³-hybridized carbons (Fsp3) is 0.222. The first-order chi connectivity index (χ1) is 11.6. The summed E-state index contributed by atoms with van der Waals surface area (Å²) in [5, 5.41) is 2.71. The van der Waals surface area contributed by atoms with Crippen LogP contribution in [0.1, 0.15) is 23.6 Å². The van der Waals surface area contributed by atoms with Gasteiger partial charge in [-0.05, 0) is 23.3 Å². The number of ether oxygens (including phenoxy) is 2. The number of nitrogens with one attached hydrogen (secondary N) is 1. The van der Waals surface area contributed by atoms with Gasteiger partial charge in [-0.1, -0.05) is 58.4 Å². The molecule has 0 bridgehead atoms. The lowest BCUT2D eigenvalue weighted by Crippen LogP contribution is -2.31. The summed E-state index contributed by atoms with van der Waals surface area (Å²) in [6, 6.07) is 16.2. The van der Waals surface area contributed by atoms with E-state index in [9.17, 15) is 9.59 Å². The molecule has 2 aromatic rings. The van der Waals surface area contributed by atoms with Gasteiger partial charge in [0.15, 0.2) is 0 Å². The van der Waals surface area contributed by atoms with Crippen LogP contribution in [0, 0.1) is 0 Å². The number of alkyl carbamates (subject to hydrolysis) is 1. The van der Waals surface area contributed by atoms with Gasteiger partial charge in [-0.15, -0.1) is 0 Å². The number of rotatable bonds is 6. The predicted molar refractivity (Wildman–Crippen MR) is 93.3 cm³/mol. The van der Waals surface area contributed by atoms with Crippen LogP contribution in [0.4, 0.5) is 4.79 Å². The zero-order valence-electron chi connectivity index (χ0n) is 13.2. The number of hydrogen-bond donors (Lipinski definition) is 1. The molecule has 0 unspecified atom stereocenters. The number of amides is 1. The van der Waals surface area contributed by atoms with Gasteiger partial charge in [0.1, 0.15) is 6.61 Å². The third-order valence-corrected chi connectivity index (χ3v) is 3.90. The van der Waals surface area contributed by atoms with E-state index in [4.69, 9.17) is 9.47 Å². The van der Waals surface area contributed by atoms with E-state index in [-0.39, 0.29) is 13.0 Å². The maximum atomic E-state index is 12.0. The SMILES string of the molecule is COC(=O)C[C@H](NC(=O)OCc1ccccc1)c1ccc(Br)cc1. The van der Waals surface area contributed by atoms with Crippen LogP contribution in [0.5, 0.6) is 0 Å². The Morgan fingerprint density at radius 1 is 1.08 bits per heavy atom. The molecule has 0 radical (unpaired) electrons. The van der Waals surface area contributed by atoms with Crippen LogP contribution in [-0.2, 0) is 20.9 Å². The van der Waals surface area contributed by atoms with Crippen LogP contribution in [0.25, 0.3) is 0 Å². The van der Waals surface area contributed by atoms with Crippen molar-refractivity contribution in [1.82, 2.24) is 5.32 Å². The minimum absolute atomic E-state index is 0.0264. The third-order valence-electron chi connectivity index (χ3n) is 3.38. The van der Waals surface area contributed by atoms with Crippen molar-refractivity contribution in [3.8, 4) is 0 Å². The molecule has 2 rings (SSSR count). The maximum Gasteiger partial charge on any atom is 0.407 e. The fourth-order valence-corrected chi connectivity index (χ4v) is 2.37. The molecule has 0 aromatic heterocycles. The Bertz CT molecular complexity index is 673. The van der Waals surface area contributed by atoms with Crippen LogP contribution < -0.4 is 5.32 Å². The molecule has 0 heterocycles. The van der Waals surface area contributed by atoms with E-state index < -0.39 is 18.1 Å². The van der Waals surface area contributed by atoms with E-state index in [1.807, 2.05) is 54.6 Å². The molecule has 0 aliphatic rings. The third kappa shape index (κ3) is 5.70. The van der Waals surface area contributed by atoms with Gasteiger partial charge < -0.3 is 14.8 Å². The van der Waals surface area contributed by atoms with Crippen molar-refractivity contribution in [3.63, 3.8) is 0 Å². The monoisotopic (exact) mass is 391 g/mol. The smallest absolute Gasteiger partial charge is 0.407 e. The highest BCUT2D eigenvalue weighted by atomic mass is 79.9. The first-order valence-electron chi connectivity index (χ1n) is 7.38. The molecule has 2 aromatic carbocycles. The van der Waals surface area contributed by atoms with E-state index in [1.165, 1.54) is 7.11 Å². The summed E-state index contributed by atoms with van der Waals surface area (Å²) in [7, 11) is 1.31. The van der Waals surface area contributed by atoms with Crippen molar-refractivity contribution in [3.05, 3.63) is 70.2 Å². The van der Waals surface area contributed by atoms with Gasteiger partial charge in [-0.2, -0.15) is 0 Å².